The molecular weight excluding hydrogens is 755 g/mol. The van der Waals surface area contributed by atoms with E-state index in [1.54, 1.807) is 0 Å². The molecule has 0 radical (unpaired) electrons. The second kappa shape index (κ2) is 15.7. The molecule has 236 valence electrons. The van der Waals surface area contributed by atoms with Crippen LogP contribution in [-0.2, 0) is 20.1 Å². The van der Waals surface area contributed by atoms with Gasteiger partial charge in [-0.1, -0.05) is 100 Å². The molecule has 0 unspecified atom stereocenters. The van der Waals surface area contributed by atoms with E-state index in [0.717, 1.165) is 34.2 Å². The summed E-state index contributed by atoms with van der Waals surface area (Å²) in [6.45, 7) is 11.0. The Kier molecular flexibility index (Phi) is 11.2. The van der Waals surface area contributed by atoms with Crippen molar-refractivity contribution in [2.24, 2.45) is 5.10 Å². The Balaban J connectivity index is 0.000000181. The van der Waals surface area contributed by atoms with Crippen LogP contribution in [0.5, 0.6) is 0 Å². The summed E-state index contributed by atoms with van der Waals surface area (Å²) in [5.74, 6) is 2.76. The third kappa shape index (κ3) is 7.62. The van der Waals surface area contributed by atoms with Crippen LogP contribution in [0.3, 0.4) is 0 Å². The fourth-order valence-electron chi connectivity index (χ4n) is 5.55. The Morgan fingerprint density at radius 3 is 1.87 bits per heavy atom. The number of hydrogen-bond donors (Lipinski definition) is 0. The van der Waals surface area contributed by atoms with Gasteiger partial charge in [0.25, 0.3) is 0 Å². The Bertz CT molecular complexity index is 1840. The van der Waals surface area contributed by atoms with E-state index in [-0.39, 0.29) is 20.1 Å². The molecule has 0 atom stereocenters. The minimum absolute atomic E-state index is 0. The van der Waals surface area contributed by atoms with Gasteiger partial charge < -0.3 is 14.5 Å². The Labute approximate surface area is 292 Å². The van der Waals surface area contributed by atoms with Gasteiger partial charge in [-0.3, -0.25) is 4.98 Å². The molecule has 47 heavy (non-hydrogen) atoms. The van der Waals surface area contributed by atoms with Crippen molar-refractivity contribution in [2.45, 2.75) is 39.5 Å². The van der Waals surface area contributed by atoms with Gasteiger partial charge >= 0.3 is 20.1 Å². The fourth-order valence-corrected chi connectivity index (χ4v) is 5.55. The maximum absolute atomic E-state index is 4.78. The van der Waals surface area contributed by atoms with Crippen LogP contribution in [0.4, 0.5) is 11.4 Å². The standard InChI is InChI=1S/C21H23N2.C20H15N3.Ir/c1-15(2)18-11-8-12-19(16(3)4)20(18)23-14-13-22-21(23)17-9-6-5-7-10-17;1-4-10-17(11-5-1)20-21-23(19-14-8-3-9-15-19)16-22(20)18-12-6-2-7-13-18;/h5-9,11-16H,1-4H3;1-14,16H;/q-1;-2;+3. The molecule has 1 aliphatic rings. The zero-order valence-corrected chi connectivity index (χ0v) is 29.5. The van der Waals surface area contributed by atoms with E-state index in [9.17, 15) is 0 Å². The second-order valence-electron chi connectivity index (χ2n) is 11.7. The molecule has 0 saturated carbocycles. The maximum Gasteiger partial charge on any atom is 3.00 e. The number of nitrogens with zero attached hydrogens (tertiary/aromatic N) is 5. The van der Waals surface area contributed by atoms with E-state index < -0.39 is 0 Å². The topological polar surface area (TPSA) is 36.7 Å². The number of benzene rings is 5. The third-order valence-corrected chi connectivity index (χ3v) is 7.84. The van der Waals surface area contributed by atoms with Gasteiger partial charge in [-0.15, -0.1) is 48.6 Å². The average Bonchev–Trinajstić information content (AvgIpc) is 3.78. The van der Waals surface area contributed by atoms with Crippen LogP contribution in [0, 0.1) is 18.8 Å². The summed E-state index contributed by atoms with van der Waals surface area (Å²) in [5, 5.41) is 6.63. The summed E-state index contributed by atoms with van der Waals surface area (Å²) < 4.78 is 2.22. The SMILES string of the molecule is CC(C)c1cccc(C(C)C)c1-n1ccnc1-c1[c-]cccc1.[Ir+3].[c-]1ccccc1N1[CH-]N(c2ccccc2)C(c2ccccc2)=N1. The Hall–Kier alpha value is -4.77. The molecule has 2 heterocycles. The molecule has 6 aromatic rings. The number of hydrazone groups is 1. The summed E-state index contributed by atoms with van der Waals surface area (Å²) in [4.78, 5) is 6.69. The van der Waals surface area contributed by atoms with Crippen molar-refractivity contribution >= 4 is 17.2 Å². The molecule has 1 aromatic heterocycles. The summed E-state index contributed by atoms with van der Waals surface area (Å²) in [7, 11) is 0. The van der Waals surface area contributed by atoms with Crippen LogP contribution in [0.15, 0.2) is 145 Å². The Morgan fingerprint density at radius 1 is 0.660 bits per heavy atom. The normalized spacial score (nSPS) is 12.4. The van der Waals surface area contributed by atoms with Crippen LogP contribution in [0.25, 0.3) is 17.1 Å². The predicted octanol–water partition coefficient (Wildman–Crippen LogP) is 9.88. The zero-order valence-electron chi connectivity index (χ0n) is 27.1. The minimum atomic E-state index is 0. The first-order valence-corrected chi connectivity index (χ1v) is 15.7. The van der Waals surface area contributed by atoms with Gasteiger partial charge in [-0.25, -0.2) is 0 Å². The minimum Gasteiger partial charge on any atom is -0.456 e. The van der Waals surface area contributed by atoms with Gasteiger partial charge in [-0.2, -0.15) is 29.4 Å². The first-order valence-electron chi connectivity index (χ1n) is 15.7. The smallest absolute Gasteiger partial charge is 0.456 e. The number of rotatable bonds is 7. The molecule has 0 N–H and O–H groups in total. The van der Waals surface area contributed by atoms with Crippen molar-refractivity contribution in [3.05, 3.63) is 175 Å². The molecule has 7 rings (SSSR count). The van der Waals surface area contributed by atoms with Crippen LogP contribution in [0.1, 0.15) is 56.2 Å². The first-order chi connectivity index (χ1) is 22.5. The Morgan fingerprint density at radius 2 is 1.28 bits per heavy atom. The van der Waals surface area contributed by atoms with Crippen molar-refractivity contribution in [1.29, 1.82) is 0 Å². The van der Waals surface area contributed by atoms with Crippen LogP contribution < -0.4 is 9.91 Å². The van der Waals surface area contributed by atoms with Crippen LogP contribution in [-0.4, -0.2) is 15.4 Å². The molecule has 0 saturated heterocycles. The van der Waals surface area contributed by atoms with E-state index in [1.165, 1.54) is 16.8 Å². The van der Waals surface area contributed by atoms with E-state index in [0.29, 0.717) is 11.8 Å². The van der Waals surface area contributed by atoms with Crippen molar-refractivity contribution in [3.8, 4) is 17.1 Å². The fraction of sp³-hybridized carbons (Fsp3) is 0.146. The van der Waals surface area contributed by atoms with Gasteiger partial charge in [0, 0.05) is 29.3 Å². The number of anilines is 2. The molecule has 0 fully saturated rings. The van der Waals surface area contributed by atoms with Gasteiger partial charge in [0.05, 0.1) is 5.82 Å². The molecule has 5 nitrogen and oxygen atoms in total. The van der Waals surface area contributed by atoms with Gasteiger partial charge in [0.2, 0.25) is 0 Å². The van der Waals surface area contributed by atoms with Crippen LogP contribution in [0.2, 0.25) is 0 Å². The predicted molar refractivity (Wildman–Crippen MR) is 190 cm³/mol. The molecule has 0 bridgehead atoms. The van der Waals surface area contributed by atoms with Crippen molar-refractivity contribution in [2.75, 3.05) is 9.91 Å². The first kappa shape index (κ1) is 33.6. The molecule has 0 spiro atoms. The van der Waals surface area contributed by atoms with Crippen LogP contribution >= 0.6 is 0 Å². The largest absolute Gasteiger partial charge is 3.00 e. The number of imidazole rings is 1. The summed E-state index contributed by atoms with van der Waals surface area (Å²) in [5.41, 5.74) is 8.06. The number of amidine groups is 1. The maximum atomic E-state index is 4.78. The molecule has 0 aliphatic carbocycles. The number of para-hydroxylation sites is 3. The summed E-state index contributed by atoms with van der Waals surface area (Å²) in [6, 6.07) is 49.4. The van der Waals surface area contributed by atoms with Gasteiger partial charge in [0.15, 0.2) is 0 Å². The summed E-state index contributed by atoms with van der Waals surface area (Å²) in [6.07, 6.45) is 3.93. The van der Waals surface area contributed by atoms with E-state index in [4.69, 9.17) is 5.10 Å². The third-order valence-electron chi connectivity index (χ3n) is 7.84. The second-order valence-corrected chi connectivity index (χ2v) is 11.7. The molecule has 1 aliphatic heterocycles. The van der Waals surface area contributed by atoms with Gasteiger partial charge in [-0.05, 0) is 35.1 Å². The van der Waals surface area contributed by atoms with Crippen molar-refractivity contribution in [1.82, 2.24) is 9.55 Å². The van der Waals surface area contributed by atoms with Gasteiger partial charge in [0.1, 0.15) is 5.84 Å². The van der Waals surface area contributed by atoms with E-state index >= 15 is 0 Å². The van der Waals surface area contributed by atoms with Crippen molar-refractivity contribution < 1.29 is 20.1 Å². The van der Waals surface area contributed by atoms with E-state index in [1.807, 2.05) is 96.7 Å². The molecular formula is C41H38IrN5. The zero-order chi connectivity index (χ0) is 31.9. The average molecular weight is 793 g/mol. The molecule has 6 heteroatoms. The van der Waals surface area contributed by atoms with Crippen molar-refractivity contribution in [3.63, 3.8) is 0 Å². The summed E-state index contributed by atoms with van der Waals surface area (Å²) >= 11 is 0. The number of aromatic nitrogens is 2. The monoisotopic (exact) mass is 793 g/mol. The van der Waals surface area contributed by atoms with E-state index in [2.05, 4.69) is 109 Å². The quantitative estimate of drug-likeness (QED) is 0.151. The molecule has 5 aromatic carbocycles. The number of hydrogen-bond acceptors (Lipinski definition) is 4. The molecule has 0 amide bonds.